The van der Waals surface area contributed by atoms with E-state index in [-0.39, 0.29) is 0 Å². The van der Waals surface area contributed by atoms with Gasteiger partial charge < -0.3 is 4.74 Å². The first kappa shape index (κ1) is 16.5. The molecule has 3 rings (SSSR count). The Balaban J connectivity index is 1.58. The fourth-order valence-electron chi connectivity index (χ4n) is 2.18. The summed E-state index contributed by atoms with van der Waals surface area (Å²) >= 11 is 3.43. The highest BCUT2D eigenvalue weighted by Gasteiger charge is 1.97. The minimum Gasteiger partial charge on any atom is -0.489 e. The molecule has 0 saturated heterocycles. The van der Waals surface area contributed by atoms with Crippen LogP contribution in [0.4, 0.5) is 5.69 Å². The first-order valence-corrected chi connectivity index (χ1v) is 8.56. The van der Waals surface area contributed by atoms with Crippen molar-refractivity contribution in [2.45, 2.75) is 13.5 Å². The van der Waals surface area contributed by atoms with E-state index in [0.29, 0.717) is 6.61 Å². The summed E-state index contributed by atoms with van der Waals surface area (Å²) < 4.78 is 6.88. The van der Waals surface area contributed by atoms with E-state index in [9.17, 15) is 0 Å². The summed E-state index contributed by atoms with van der Waals surface area (Å²) in [6.07, 6.45) is 1.86. The molecule has 24 heavy (non-hydrogen) atoms. The van der Waals surface area contributed by atoms with Gasteiger partial charge in [-0.2, -0.15) is 0 Å². The lowest BCUT2D eigenvalue weighted by Crippen LogP contribution is -1.95. The summed E-state index contributed by atoms with van der Waals surface area (Å²) in [5, 5.41) is 0. The Labute approximate surface area is 151 Å². The number of aliphatic imine (C=N–C) groups is 1. The summed E-state index contributed by atoms with van der Waals surface area (Å²) in [6, 6.07) is 24.2. The van der Waals surface area contributed by atoms with Crippen LogP contribution in [0.5, 0.6) is 5.75 Å². The molecule has 0 radical (unpaired) electrons. The SMILES string of the molecule is Cc1ccc(N=Cc2ccc(OCc3ccc(Br)cc3)cc2)cc1. The van der Waals surface area contributed by atoms with Crippen molar-refractivity contribution in [1.82, 2.24) is 0 Å². The van der Waals surface area contributed by atoms with Crippen LogP contribution in [0.15, 0.2) is 82.3 Å². The molecule has 3 heteroatoms. The lowest BCUT2D eigenvalue weighted by atomic mass is 10.2. The molecule has 120 valence electrons. The molecule has 0 spiro atoms. The molecule has 0 saturated carbocycles. The fraction of sp³-hybridized carbons (Fsp3) is 0.0952. The van der Waals surface area contributed by atoms with Crippen LogP contribution in [-0.4, -0.2) is 6.21 Å². The first-order chi connectivity index (χ1) is 11.7. The van der Waals surface area contributed by atoms with Gasteiger partial charge in [0.1, 0.15) is 12.4 Å². The third-order valence-electron chi connectivity index (χ3n) is 3.60. The number of halogens is 1. The summed E-state index contributed by atoms with van der Waals surface area (Å²) in [7, 11) is 0. The molecular formula is C21H18BrNO. The van der Waals surface area contributed by atoms with Crippen LogP contribution >= 0.6 is 15.9 Å². The largest absolute Gasteiger partial charge is 0.489 e. The molecule has 2 nitrogen and oxygen atoms in total. The quantitative estimate of drug-likeness (QED) is 0.491. The average molecular weight is 380 g/mol. The van der Waals surface area contributed by atoms with Crippen LogP contribution < -0.4 is 4.74 Å². The van der Waals surface area contributed by atoms with Gasteiger partial charge in [-0.3, -0.25) is 4.99 Å². The monoisotopic (exact) mass is 379 g/mol. The van der Waals surface area contributed by atoms with E-state index in [1.807, 2.05) is 66.9 Å². The van der Waals surface area contributed by atoms with E-state index < -0.39 is 0 Å². The van der Waals surface area contributed by atoms with E-state index >= 15 is 0 Å². The molecule has 0 bridgehead atoms. The Kier molecular flexibility index (Phi) is 5.44. The Morgan fingerprint density at radius 2 is 1.54 bits per heavy atom. The molecule has 0 atom stereocenters. The first-order valence-electron chi connectivity index (χ1n) is 7.77. The highest BCUT2D eigenvalue weighted by molar-refractivity contribution is 9.10. The lowest BCUT2D eigenvalue weighted by Gasteiger charge is -2.06. The van der Waals surface area contributed by atoms with E-state index in [1.165, 1.54) is 5.56 Å². The van der Waals surface area contributed by atoms with E-state index in [1.54, 1.807) is 0 Å². The van der Waals surface area contributed by atoms with Gasteiger partial charge in [0.25, 0.3) is 0 Å². The fourth-order valence-corrected chi connectivity index (χ4v) is 2.44. The van der Waals surface area contributed by atoms with E-state index in [4.69, 9.17) is 4.74 Å². The zero-order valence-corrected chi connectivity index (χ0v) is 15.0. The molecule has 0 fully saturated rings. The highest BCUT2D eigenvalue weighted by Crippen LogP contribution is 2.16. The topological polar surface area (TPSA) is 21.6 Å². The number of hydrogen-bond donors (Lipinski definition) is 0. The van der Waals surface area contributed by atoms with Crippen molar-refractivity contribution in [2.24, 2.45) is 4.99 Å². The van der Waals surface area contributed by atoms with Crippen LogP contribution in [0.2, 0.25) is 0 Å². The van der Waals surface area contributed by atoms with Gasteiger partial charge in [-0.25, -0.2) is 0 Å². The Bertz CT molecular complexity index is 806. The molecule has 0 aliphatic heterocycles. The minimum atomic E-state index is 0.560. The molecular weight excluding hydrogens is 362 g/mol. The van der Waals surface area contributed by atoms with Gasteiger partial charge in [-0.15, -0.1) is 0 Å². The summed E-state index contributed by atoms with van der Waals surface area (Å²) in [4.78, 5) is 4.48. The van der Waals surface area contributed by atoms with Crippen molar-refractivity contribution in [1.29, 1.82) is 0 Å². The normalized spacial score (nSPS) is 10.9. The Morgan fingerprint density at radius 3 is 2.21 bits per heavy atom. The highest BCUT2D eigenvalue weighted by atomic mass is 79.9. The van der Waals surface area contributed by atoms with Gasteiger partial charge in [0.05, 0.1) is 5.69 Å². The second-order valence-electron chi connectivity index (χ2n) is 5.58. The van der Waals surface area contributed by atoms with E-state index in [2.05, 4.69) is 40.0 Å². The molecule has 0 aromatic heterocycles. The third-order valence-corrected chi connectivity index (χ3v) is 4.12. The van der Waals surface area contributed by atoms with Crippen LogP contribution in [0, 0.1) is 6.92 Å². The second-order valence-corrected chi connectivity index (χ2v) is 6.49. The van der Waals surface area contributed by atoms with Crippen molar-refractivity contribution in [2.75, 3.05) is 0 Å². The number of rotatable bonds is 5. The predicted octanol–water partition coefficient (Wildman–Crippen LogP) is 6.09. The van der Waals surface area contributed by atoms with Crippen molar-refractivity contribution >= 4 is 27.8 Å². The molecule has 3 aromatic carbocycles. The van der Waals surface area contributed by atoms with Crippen LogP contribution in [-0.2, 0) is 6.61 Å². The molecule has 0 aliphatic carbocycles. The summed E-state index contributed by atoms with van der Waals surface area (Å²) in [5.74, 6) is 0.852. The maximum absolute atomic E-state index is 5.80. The Hall–Kier alpha value is -2.39. The molecule has 0 heterocycles. The van der Waals surface area contributed by atoms with Gasteiger partial charge in [0, 0.05) is 10.7 Å². The standard InChI is InChI=1S/C21H18BrNO/c1-16-2-10-20(11-3-16)23-14-17-6-12-21(13-7-17)24-15-18-4-8-19(22)9-5-18/h2-14H,15H2,1H3. The number of hydrogen-bond acceptors (Lipinski definition) is 2. The van der Waals surface area contributed by atoms with Crippen molar-refractivity contribution in [3.05, 3.63) is 94.0 Å². The number of aryl methyl sites for hydroxylation is 1. The smallest absolute Gasteiger partial charge is 0.119 e. The van der Waals surface area contributed by atoms with Crippen molar-refractivity contribution < 1.29 is 4.74 Å². The maximum Gasteiger partial charge on any atom is 0.119 e. The van der Waals surface area contributed by atoms with E-state index in [0.717, 1.165) is 27.0 Å². The second kappa shape index (κ2) is 7.93. The van der Waals surface area contributed by atoms with Crippen molar-refractivity contribution in [3.63, 3.8) is 0 Å². The van der Waals surface area contributed by atoms with Crippen LogP contribution in [0.1, 0.15) is 16.7 Å². The Morgan fingerprint density at radius 1 is 0.875 bits per heavy atom. The lowest BCUT2D eigenvalue weighted by molar-refractivity contribution is 0.306. The van der Waals surface area contributed by atoms with Crippen LogP contribution in [0.25, 0.3) is 0 Å². The van der Waals surface area contributed by atoms with Gasteiger partial charge in [-0.1, -0.05) is 45.8 Å². The van der Waals surface area contributed by atoms with Crippen LogP contribution in [0.3, 0.4) is 0 Å². The zero-order chi connectivity index (χ0) is 16.8. The minimum absolute atomic E-state index is 0.560. The predicted molar refractivity (Wildman–Crippen MR) is 103 cm³/mol. The van der Waals surface area contributed by atoms with Gasteiger partial charge in [0.2, 0.25) is 0 Å². The summed E-state index contributed by atoms with van der Waals surface area (Å²) in [5.41, 5.74) is 4.38. The summed E-state index contributed by atoms with van der Waals surface area (Å²) in [6.45, 7) is 2.63. The molecule has 0 unspecified atom stereocenters. The third kappa shape index (κ3) is 4.80. The number of ether oxygens (including phenoxy) is 1. The van der Waals surface area contributed by atoms with Crippen molar-refractivity contribution in [3.8, 4) is 5.75 Å². The molecule has 0 N–H and O–H groups in total. The van der Waals surface area contributed by atoms with Gasteiger partial charge in [0.15, 0.2) is 0 Å². The number of nitrogens with zero attached hydrogens (tertiary/aromatic N) is 1. The molecule has 0 amide bonds. The van der Waals surface area contributed by atoms with Gasteiger partial charge in [-0.05, 0) is 66.6 Å². The average Bonchev–Trinajstić information content (AvgIpc) is 2.62. The van der Waals surface area contributed by atoms with Gasteiger partial charge >= 0.3 is 0 Å². The number of benzene rings is 3. The molecule has 0 aliphatic rings. The zero-order valence-electron chi connectivity index (χ0n) is 13.4. The molecule has 3 aromatic rings. The maximum atomic E-state index is 5.80.